The first-order valence-electron chi connectivity index (χ1n) is 9.82. The van der Waals surface area contributed by atoms with Gasteiger partial charge in [0.1, 0.15) is 17.8 Å². The third kappa shape index (κ3) is 4.05. The van der Waals surface area contributed by atoms with Crippen LogP contribution < -0.4 is 10.0 Å². The lowest BCUT2D eigenvalue weighted by Gasteiger charge is -2.22. The Morgan fingerprint density at radius 2 is 1.81 bits per heavy atom. The lowest BCUT2D eigenvalue weighted by molar-refractivity contribution is 0.282. The van der Waals surface area contributed by atoms with Crippen molar-refractivity contribution in [1.82, 2.24) is 19.7 Å². The summed E-state index contributed by atoms with van der Waals surface area (Å²) in [6, 6.07) is 16.1. The third-order valence-electron chi connectivity index (χ3n) is 5.05. The maximum absolute atomic E-state index is 12.6. The second-order valence-corrected chi connectivity index (χ2v) is 8.81. The number of hydrogen-bond donors (Lipinski definition) is 2. The molecule has 0 spiro atoms. The Balaban J connectivity index is 1.74. The number of benzene rings is 2. The van der Waals surface area contributed by atoms with Gasteiger partial charge in [0.05, 0.1) is 30.8 Å². The highest BCUT2D eigenvalue weighted by Gasteiger charge is 2.21. The lowest BCUT2D eigenvalue weighted by atomic mass is 10.1. The summed E-state index contributed by atoms with van der Waals surface area (Å²) in [5, 5.41) is 15.5. The molecule has 0 fully saturated rings. The fourth-order valence-electron chi connectivity index (χ4n) is 3.43. The van der Waals surface area contributed by atoms with Crippen LogP contribution in [0.2, 0.25) is 0 Å². The van der Waals surface area contributed by atoms with Crippen LogP contribution in [0.5, 0.6) is 0 Å². The highest BCUT2D eigenvalue weighted by molar-refractivity contribution is 7.95. The van der Waals surface area contributed by atoms with E-state index in [1.165, 1.54) is 10.6 Å². The molecular weight excluding hydrogens is 428 g/mol. The van der Waals surface area contributed by atoms with Crippen molar-refractivity contribution in [3.8, 4) is 11.3 Å². The Morgan fingerprint density at radius 1 is 1.09 bits per heavy atom. The van der Waals surface area contributed by atoms with Crippen LogP contribution >= 0.6 is 0 Å². The Bertz CT molecular complexity index is 1350. The minimum atomic E-state index is -3.72. The van der Waals surface area contributed by atoms with E-state index >= 15 is 0 Å². The number of nitrogen functional groups attached to an aromatic ring is 1. The molecule has 9 nitrogen and oxygen atoms in total. The number of para-hydroxylation sites is 1. The van der Waals surface area contributed by atoms with E-state index < -0.39 is 10.0 Å². The number of aromatic nitrogens is 4. The molecule has 0 saturated heterocycles. The van der Waals surface area contributed by atoms with Crippen LogP contribution in [0.3, 0.4) is 0 Å². The van der Waals surface area contributed by atoms with Crippen LogP contribution in [-0.2, 0) is 23.2 Å². The highest BCUT2D eigenvalue weighted by Crippen LogP contribution is 2.30. The van der Waals surface area contributed by atoms with Gasteiger partial charge in [0.25, 0.3) is 10.0 Å². The predicted molar refractivity (Wildman–Crippen MR) is 124 cm³/mol. The maximum Gasteiger partial charge on any atom is 0.256 e. The minimum absolute atomic E-state index is 0.0617. The molecule has 3 N–H and O–H groups in total. The average molecular weight is 451 g/mol. The first-order valence-corrected chi connectivity index (χ1v) is 11.3. The second-order valence-electron chi connectivity index (χ2n) is 7.00. The van der Waals surface area contributed by atoms with Crippen LogP contribution in [0.1, 0.15) is 5.56 Å². The van der Waals surface area contributed by atoms with Crippen molar-refractivity contribution >= 4 is 32.6 Å². The topological polar surface area (TPSA) is 127 Å². The first-order chi connectivity index (χ1) is 15.4. The van der Waals surface area contributed by atoms with Crippen molar-refractivity contribution < 1.29 is 13.5 Å². The van der Waals surface area contributed by atoms with Gasteiger partial charge in [0.2, 0.25) is 0 Å². The molecule has 2 aromatic heterocycles. The van der Waals surface area contributed by atoms with Crippen LogP contribution in [0.4, 0.5) is 11.5 Å². The minimum Gasteiger partial charge on any atom is -0.392 e. The zero-order chi connectivity index (χ0) is 22.7. The Morgan fingerprint density at radius 3 is 2.47 bits per heavy atom. The summed E-state index contributed by atoms with van der Waals surface area (Å²) in [5.74, 6) is 0.279. The summed E-state index contributed by atoms with van der Waals surface area (Å²) in [5.41, 5.74) is 9.31. The van der Waals surface area contributed by atoms with Crippen LogP contribution in [0.15, 0.2) is 72.9 Å². The molecule has 2 heterocycles. The van der Waals surface area contributed by atoms with E-state index in [4.69, 9.17) is 5.73 Å². The van der Waals surface area contributed by atoms with E-state index in [1.807, 2.05) is 18.2 Å². The molecule has 2 aromatic carbocycles. The molecule has 4 rings (SSSR count). The molecule has 0 aliphatic heterocycles. The van der Waals surface area contributed by atoms with E-state index in [0.717, 1.165) is 16.5 Å². The zero-order valence-electron chi connectivity index (χ0n) is 17.2. The molecule has 32 heavy (non-hydrogen) atoms. The summed E-state index contributed by atoms with van der Waals surface area (Å²) in [6.45, 7) is 3.72. The van der Waals surface area contributed by atoms with Gasteiger partial charge in [-0.3, -0.25) is 4.31 Å². The van der Waals surface area contributed by atoms with E-state index in [-0.39, 0.29) is 25.5 Å². The summed E-state index contributed by atoms with van der Waals surface area (Å²) in [4.78, 5) is 8.43. The van der Waals surface area contributed by atoms with Gasteiger partial charge < -0.3 is 10.8 Å². The van der Waals surface area contributed by atoms with E-state index in [1.54, 1.807) is 41.1 Å². The Labute approximate surface area is 185 Å². The number of hydrogen-bond acceptors (Lipinski definition) is 7. The first kappa shape index (κ1) is 21.5. The van der Waals surface area contributed by atoms with Crippen LogP contribution in [0, 0.1) is 0 Å². The van der Waals surface area contributed by atoms with Gasteiger partial charge in [-0.2, -0.15) is 5.10 Å². The fourth-order valence-corrected chi connectivity index (χ4v) is 4.36. The maximum atomic E-state index is 12.6. The molecule has 0 aliphatic rings. The highest BCUT2D eigenvalue weighted by atomic mass is 32.2. The number of nitrogens with zero attached hydrogens (tertiary/aromatic N) is 5. The number of nitrogens with two attached hydrogens (primary N) is 1. The molecule has 0 bridgehead atoms. The van der Waals surface area contributed by atoms with Gasteiger partial charge >= 0.3 is 0 Å². The Kier molecular flexibility index (Phi) is 5.89. The number of anilines is 2. The molecule has 0 aliphatic carbocycles. The van der Waals surface area contributed by atoms with Crippen molar-refractivity contribution in [1.29, 1.82) is 0 Å². The van der Waals surface area contributed by atoms with Gasteiger partial charge in [0, 0.05) is 11.0 Å². The second kappa shape index (κ2) is 8.77. The van der Waals surface area contributed by atoms with Crippen molar-refractivity contribution in [3.63, 3.8) is 0 Å². The molecule has 0 atom stereocenters. The smallest absolute Gasteiger partial charge is 0.256 e. The van der Waals surface area contributed by atoms with E-state index in [0.29, 0.717) is 22.4 Å². The Hall–Kier alpha value is -3.76. The molecule has 4 aromatic rings. The molecule has 0 amide bonds. The molecule has 0 radical (unpaired) electrons. The van der Waals surface area contributed by atoms with Gasteiger partial charge in [-0.25, -0.2) is 23.1 Å². The normalized spacial score (nSPS) is 11.5. The summed E-state index contributed by atoms with van der Waals surface area (Å²) in [7, 11) is -3.72. The number of aliphatic hydroxyl groups is 1. The van der Waals surface area contributed by atoms with Crippen molar-refractivity contribution in [3.05, 3.63) is 78.5 Å². The fraction of sp³-hybridized carbons (Fsp3) is 0.136. The van der Waals surface area contributed by atoms with E-state index in [2.05, 4.69) is 21.6 Å². The van der Waals surface area contributed by atoms with Crippen molar-refractivity contribution in [2.24, 2.45) is 0 Å². The third-order valence-corrected chi connectivity index (χ3v) is 6.47. The monoisotopic (exact) mass is 450 g/mol. The summed E-state index contributed by atoms with van der Waals surface area (Å²) >= 11 is 0. The van der Waals surface area contributed by atoms with Crippen LogP contribution in [0.25, 0.3) is 22.3 Å². The molecule has 164 valence electrons. The predicted octanol–water partition coefficient (Wildman–Crippen LogP) is 2.55. The molecule has 0 unspecified atom stereocenters. The summed E-state index contributed by atoms with van der Waals surface area (Å²) < 4.78 is 28.2. The number of sulfonamides is 1. The quantitative estimate of drug-likeness (QED) is 0.422. The largest absolute Gasteiger partial charge is 0.392 e. The van der Waals surface area contributed by atoms with Crippen LogP contribution in [-0.4, -0.2) is 39.8 Å². The SMILES string of the molecule is C=CS(=O)(=O)N(CCn1nc(-c2ccc(CO)cc2)c2c(N)ncnc21)c1ccccc1. The molecule has 10 heteroatoms. The number of rotatable bonds is 8. The number of fused-ring (bicyclic) bond motifs is 1. The molecule has 0 saturated carbocycles. The van der Waals surface area contributed by atoms with Crippen molar-refractivity contribution in [2.75, 3.05) is 16.6 Å². The van der Waals surface area contributed by atoms with Crippen molar-refractivity contribution in [2.45, 2.75) is 13.2 Å². The van der Waals surface area contributed by atoms with Gasteiger partial charge in [-0.15, -0.1) is 0 Å². The number of aliphatic hydroxyl groups excluding tert-OH is 1. The van der Waals surface area contributed by atoms with Gasteiger partial charge in [-0.05, 0) is 17.7 Å². The van der Waals surface area contributed by atoms with E-state index in [9.17, 15) is 13.5 Å². The zero-order valence-corrected chi connectivity index (χ0v) is 18.0. The molecular formula is C22H22N6O3S. The lowest BCUT2D eigenvalue weighted by Crippen LogP contribution is -2.32. The van der Waals surface area contributed by atoms with Gasteiger partial charge in [0.15, 0.2) is 5.65 Å². The standard InChI is InChI=1S/C22H22N6O3S/c1-2-32(30,31)28(18-6-4-3-5-7-18)13-12-27-22-19(21(23)24-15-25-22)20(26-27)17-10-8-16(14-29)9-11-17/h2-11,15,29H,1,12-14H2,(H2,23,24,25). The summed E-state index contributed by atoms with van der Waals surface area (Å²) in [6.07, 6.45) is 1.35. The average Bonchev–Trinajstić information content (AvgIpc) is 3.20. The van der Waals surface area contributed by atoms with Gasteiger partial charge in [-0.1, -0.05) is 49.0 Å².